The lowest BCUT2D eigenvalue weighted by Crippen LogP contribution is -2.41. The molecule has 1 aliphatic heterocycles. The van der Waals surface area contributed by atoms with Gasteiger partial charge >= 0.3 is 5.97 Å². The van der Waals surface area contributed by atoms with Crippen molar-refractivity contribution in [3.8, 4) is 0 Å². The molecule has 1 unspecified atom stereocenters. The van der Waals surface area contributed by atoms with Crippen molar-refractivity contribution in [2.75, 3.05) is 25.0 Å². The highest BCUT2D eigenvalue weighted by molar-refractivity contribution is 5.91. The molecule has 0 radical (unpaired) electrons. The largest absolute Gasteiger partial charge is 0.465 e. The topological polar surface area (TPSA) is 84.4 Å². The summed E-state index contributed by atoms with van der Waals surface area (Å²) in [5, 5.41) is 2.61. The maximum atomic E-state index is 11.9. The number of carbonyl (C=O) groups excluding carboxylic acids is 2. The maximum absolute atomic E-state index is 11.9. The van der Waals surface area contributed by atoms with Gasteiger partial charge in [-0.2, -0.15) is 0 Å². The summed E-state index contributed by atoms with van der Waals surface area (Å²) >= 11 is 0. The lowest BCUT2D eigenvalue weighted by atomic mass is 10.2. The third-order valence-electron chi connectivity index (χ3n) is 3.09. The number of aromatic nitrogens is 2. The van der Waals surface area contributed by atoms with E-state index in [4.69, 9.17) is 4.74 Å². The monoisotopic (exact) mass is 278 g/mol. The number of anilines is 1. The van der Waals surface area contributed by atoms with E-state index in [1.165, 1.54) is 0 Å². The lowest BCUT2D eigenvalue weighted by molar-refractivity contribution is -0.148. The van der Waals surface area contributed by atoms with Crippen LogP contribution in [0.3, 0.4) is 0 Å². The standard InChI is InChI=1S/C13H18N4O3/c1-2-20-12(19)10-5-3-8-17(10)9-11(18)16-13-14-6-4-7-15-13/h4,6-7,10H,2-3,5,8-9H2,1H3,(H,14,15,16,18). The highest BCUT2D eigenvalue weighted by Crippen LogP contribution is 2.18. The minimum atomic E-state index is -0.322. The van der Waals surface area contributed by atoms with E-state index >= 15 is 0 Å². The molecule has 1 atom stereocenters. The Hall–Kier alpha value is -2.02. The zero-order valence-corrected chi connectivity index (χ0v) is 11.4. The van der Waals surface area contributed by atoms with E-state index in [1.54, 1.807) is 25.4 Å². The van der Waals surface area contributed by atoms with Crippen LogP contribution in [0.4, 0.5) is 5.95 Å². The van der Waals surface area contributed by atoms with E-state index in [0.29, 0.717) is 13.2 Å². The van der Waals surface area contributed by atoms with Crippen molar-refractivity contribution in [3.63, 3.8) is 0 Å². The SMILES string of the molecule is CCOC(=O)C1CCCN1CC(=O)Nc1ncccn1. The van der Waals surface area contributed by atoms with Gasteiger partial charge in [0, 0.05) is 12.4 Å². The van der Waals surface area contributed by atoms with E-state index in [0.717, 1.165) is 12.8 Å². The molecule has 0 aromatic carbocycles. The second kappa shape index (κ2) is 6.95. The van der Waals surface area contributed by atoms with Crippen molar-refractivity contribution in [3.05, 3.63) is 18.5 Å². The number of rotatable bonds is 5. The van der Waals surface area contributed by atoms with Gasteiger partial charge in [0.15, 0.2) is 0 Å². The molecule has 1 aliphatic rings. The molecular weight excluding hydrogens is 260 g/mol. The van der Waals surface area contributed by atoms with Crippen LogP contribution < -0.4 is 5.32 Å². The van der Waals surface area contributed by atoms with Crippen LogP contribution >= 0.6 is 0 Å². The van der Waals surface area contributed by atoms with Crippen LogP contribution in [-0.2, 0) is 14.3 Å². The molecule has 1 fully saturated rings. The van der Waals surface area contributed by atoms with E-state index in [2.05, 4.69) is 15.3 Å². The number of likely N-dealkylation sites (tertiary alicyclic amines) is 1. The van der Waals surface area contributed by atoms with Crippen molar-refractivity contribution >= 4 is 17.8 Å². The van der Waals surface area contributed by atoms with E-state index < -0.39 is 0 Å². The smallest absolute Gasteiger partial charge is 0.323 e. The number of amides is 1. The van der Waals surface area contributed by atoms with Gasteiger partial charge < -0.3 is 4.74 Å². The minimum absolute atomic E-state index is 0.141. The molecule has 108 valence electrons. The van der Waals surface area contributed by atoms with Crippen LogP contribution in [0.25, 0.3) is 0 Å². The minimum Gasteiger partial charge on any atom is -0.465 e. The fourth-order valence-corrected chi connectivity index (χ4v) is 2.23. The third-order valence-corrected chi connectivity index (χ3v) is 3.09. The zero-order valence-electron chi connectivity index (χ0n) is 11.4. The van der Waals surface area contributed by atoms with Gasteiger partial charge in [-0.05, 0) is 32.4 Å². The van der Waals surface area contributed by atoms with Gasteiger partial charge in [-0.15, -0.1) is 0 Å². The van der Waals surface area contributed by atoms with Crippen LogP contribution in [0.5, 0.6) is 0 Å². The first-order chi connectivity index (χ1) is 9.70. The molecule has 1 aromatic heterocycles. The summed E-state index contributed by atoms with van der Waals surface area (Å²) in [4.78, 5) is 33.4. The van der Waals surface area contributed by atoms with E-state index in [9.17, 15) is 9.59 Å². The third kappa shape index (κ3) is 3.74. The number of esters is 1. The van der Waals surface area contributed by atoms with Gasteiger partial charge in [-0.3, -0.25) is 19.8 Å². The van der Waals surface area contributed by atoms with Crippen LogP contribution in [0.2, 0.25) is 0 Å². The number of nitrogens with one attached hydrogen (secondary N) is 1. The van der Waals surface area contributed by atoms with Gasteiger partial charge in [0.2, 0.25) is 11.9 Å². The number of ether oxygens (including phenoxy) is 1. The molecule has 1 aromatic rings. The molecular formula is C13H18N4O3. The van der Waals surface area contributed by atoms with Crippen LogP contribution in [0.1, 0.15) is 19.8 Å². The lowest BCUT2D eigenvalue weighted by Gasteiger charge is -2.21. The quantitative estimate of drug-likeness (QED) is 0.787. The molecule has 0 bridgehead atoms. The summed E-state index contributed by atoms with van der Waals surface area (Å²) in [5.74, 6) is -0.217. The fourth-order valence-electron chi connectivity index (χ4n) is 2.23. The average Bonchev–Trinajstić information content (AvgIpc) is 2.88. The Bertz CT molecular complexity index is 466. The molecule has 0 aliphatic carbocycles. The Kier molecular flexibility index (Phi) is 5.00. The van der Waals surface area contributed by atoms with Crippen molar-refractivity contribution < 1.29 is 14.3 Å². The summed E-state index contributed by atoms with van der Waals surface area (Å²) in [5.41, 5.74) is 0. The molecule has 1 saturated heterocycles. The molecule has 1 N–H and O–H groups in total. The van der Waals surface area contributed by atoms with Gasteiger partial charge in [0.25, 0.3) is 0 Å². The fraction of sp³-hybridized carbons (Fsp3) is 0.538. The van der Waals surface area contributed by atoms with Crippen molar-refractivity contribution in [2.24, 2.45) is 0 Å². The predicted octanol–water partition coefficient (Wildman–Crippen LogP) is 0.443. The van der Waals surface area contributed by atoms with Crippen LogP contribution in [0, 0.1) is 0 Å². The number of hydrogen-bond donors (Lipinski definition) is 1. The summed E-state index contributed by atoms with van der Waals surface area (Å²) in [6.45, 7) is 2.98. The van der Waals surface area contributed by atoms with Gasteiger partial charge in [0.05, 0.1) is 13.2 Å². The summed E-state index contributed by atoms with van der Waals surface area (Å²) in [6, 6.07) is 1.35. The summed E-state index contributed by atoms with van der Waals surface area (Å²) < 4.78 is 5.02. The first-order valence-electron chi connectivity index (χ1n) is 6.68. The normalized spacial score (nSPS) is 18.8. The molecule has 1 amide bonds. The second-order valence-corrected chi connectivity index (χ2v) is 4.50. The Labute approximate surface area is 117 Å². The molecule has 7 heteroatoms. The van der Waals surface area contributed by atoms with Crippen molar-refractivity contribution in [2.45, 2.75) is 25.8 Å². The number of carbonyl (C=O) groups is 2. The molecule has 7 nitrogen and oxygen atoms in total. The van der Waals surface area contributed by atoms with Gasteiger partial charge in [-0.1, -0.05) is 0 Å². The van der Waals surface area contributed by atoms with Crippen LogP contribution in [0.15, 0.2) is 18.5 Å². The number of nitrogens with zero attached hydrogens (tertiary/aromatic N) is 3. The Morgan fingerprint density at radius 1 is 1.45 bits per heavy atom. The Morgan fingerprint density at radius 2 is 2.20 bits per heavy atom. The van der Waals surface area contributed by atoms with Gasteiger partial charge in [0.1, 0.15) is 6.04 Å². The first kappa shape index (κ1) is 14.4. The molecule has 2 rings (SSSR count). The molecule has 0 spiro atoms. The Balaban J connectivity index is 1.88. The van der Waals surface area contributed by atoms with E-state index in [1.807, 2.05) is 4.90 Å². The highest BCUT2D eigenvalue weighted by atomic mass is 16.5. The number of hydrogen-bond acceptors (Lipinski definition) is 6. The Morgan fingerprint density at radius 3 is 2.90 bits per heavy atom. The summed E-state index contributed by atoms with van der Waals surface area (Å²) in [7, 11) is 0. The van der Waals surface area contributed by atoms with Crippen molar-refractivity contribution in [1.29, 1.82) is 0 Å². The van der Waals surface area contributed by atoms with Gasteiger partial charge in [-0.25, -0.2) is 9.97 Å². The molecule has 2 heterocycles. The zero-order chi connectivity index (χ0) is 14.4. The maximum Gasteiger partial charge on any atom is 0.323 e. The molecule has 20 heavy (non-hydrogen) atoms. The first-order valence-corrected chi connectivity index (χ1v) is 6.68. The second-order valence-electron chi connectivity index (χ2n) is 4.50. The van der Waals surface area contributed by atoms with Crippen LogP contribution in [-0.4, -0.2) is 52.5 Å². The van der Waals surface area contributed by atoms with E-state index in [-0.39, 0.29) is 30.4 Å². The highest BCUT2D eigenvalue weighted by Gasteiger charge is 2.32. The molecule has 0 saturated carbocycles. The summed E-state index contributed by atoms with van der Waals surface area (Å²) in [6.07, 6.45) is 4.73. The predicted molar refractivity (Wildman–Crippen MR) is 71.9 cm³/mol. The average molecular weight is 278 g/mol. The van der Waals surface area contributed by atoms with Crippen molar-refractivity contribution in [1.82, 2.24) is 14.9 Å².